The standard InChI is InChI=1S/C26H34N4O4/c1-15(9-19(5)31)27-23-13-25(29-17(3)11-21(7)33)26(30-18(4)12-22(8)34)14-24(23)28-16(2)10-20(6)32/h13-14H,9-12H2,1-8H3. The van der Waals surface area contributed by atoms with Crippen LogP contribution in [0.1, 0.15) is 81.1 Å². The van der Waals surface area contributed by atoms with Crippen LogP contribution in [0.3, 0.4) is 0 Å². The highest BCUT2D eigenvalue weighted by molar-refractivity contribution is 6.05. The van der Waals surface area contributed by atoms with E-state index in [1.54, 1.807) is 39.8 Å². The SMILES string of the molecule is CC(=O)CC(C)=Nc1cc(N=C(C)CC(C)=O)c(N=C(C)CC(C)=O)cc1N=C(C)CC(C)=O. The number of Topliss-reactive ketones (excluding diaryl/α,β-unsaturated/α-hetero) is 4. The van der Waals surface area contributed by atoms with Gasteiger partial charge in [-0.05, 0) is 67.5 Å². The Balaban J connectivity index is 3.86. The average molecular weight is 467 g/mol. The van der Waals surface area contributed by atoms with Gasteiger partial charge in [-0.25, -0.2) is 0 Å². The van der Waals surface area contributed by atoms with Crippen molar-refractivity contribution in [1.82, 2.24) is 0 Å². The fraction of sp³-hybridized carbons (Fsp3) is 0.462. The van der Waals surface area contributed by atoms with E-state index >= 15 is 0 Å². The minimum atomic E-state index is -0.0179. The molecule has 1 rings (SSSR count). The molecule has 0 aromatic heterocycles. The van der Waals surface area contributed by atoms with Crippen LogP contribution in [0.2, 0.25) is 0 Å². The molecule has 0 N–H and O–H groups in total. The second-order valence-corrected chi connectivity index (χ2v) is 8.73. The van der Waals surface area contributed by atoms with Crippen LogP contribution >= 0.6 is 0 Å². The molecule has 1 aromatic rings. The van der Waals surface area contributed by atoms with Crippen LogP contribution in [0.4, 0.5) is 22.7 Å². The van der Waals surface area contributed by atoms with E-state index in [-0.39, 0.29) is 48.8 Å². The Morgan fingerprint density at radius 2 is 0.618 bits per heavy atom. The van der Waals surface area contributed by atoms with Crippen LogP contribution in [0.15, 0.2) is 32.1 Å². The van der Waals surface area contributed by atoms with Crippen molar-refractivity contribution in [3.8, 4) is 0 Å². The number of aliphatic imine (C=N–C) groups is 4. The van der Waals surface area contributed by atoms with Gasteiger partial charge in [0.1, 0.15) is 23.1 Å². The van der Waals surface area contributed by atoms with Gasteiger partial charge in [-0.3, -0.25) is 39.1 Å². The Kier molecular flexibility index (Phi) is 11.2. The van der Waals surface area contributed by atoms with Crippen molar-refractivity contribution in [2.45, 2.75) is 81.1 Å². The lowest BCUT2D eigenvalue weighted by atomic mass is 10.1. The zero-order valence-electron chi connectivity index (χ0n) is 21.4. The van der Waals surface area contributed by atoms with Crippen LogP contribution in [-0.2, 0) is 19.2 Å². The van der Waals surface area contributed by atoms with Gasteiger partial charge in [-0.1, -0.05) is 0 Å². The number of carbonyl (C=O) groups is 4. The molecule has 0 radical (unpaired) electrons. The molecular formula is C26H34N4O4. The Morgan fingerprint density at radius 3 is 0.765 bits per heavy atom. The number of carbonyl (C=O) groups excluding carboxylic acids is 4. The van der Waals surface area contributed by atoms with Gasteiger partial charge in [0.15, 0.2) is 0 Å². The molecule has 0 aliphatic carbocycles. The third-order valence-electron chi connectivity index (χ3n) is 4.34. The normalized spacial score (nSPS) is 13.2. The van der Waals surface area contributed by atoms with Crippen molar-refractivity contribution in [1.29, 1.82) is 0 Å². The minimum Gasteiger partial charge on any atom is -0.300 e. The lowest BCUT2D eigenvalue weighted by Crippen LogP contribution is -2.01. The number of hydrogen-bond acceptors (Lipinski definition) is 8. The summed E-state index contributed by atoms with van der Waals surface area (Å²) in [5, 5.41) is 0. The van der Waals surface area contributed by atoms with Crippen molar-refractivity contribution in [2.24, 2.45) is 20.0 Å². The maximum Gasteiger partial charge on any atom is 0.135 e. The first-order valence-corrected chi connectivity index (χ1v) is 11.1. The summed E-state index contributed by atoms with van der Waals surface area (Å²) in [6.07, 6.45) is 0.759. The van der Waals surface area contributed by atoms with E-state index < -0.39 is 0 Å². The Hall–Kier alpha value is -3.42. The lowest BCUT2D eigenvalue weighted by molar-refractivity contribution is -0.116. The highest BCUT2D eigenvalue weighted by Gasteiger charge is 2.13. The summed E-state index contributed by atoms with van der Waals surface area (Å²) >= 11 is 0. The number of ketones is 4. The Bertz CT molecular complexity index is 938. The first-order valence-electron chi connectivity index (χ1n) is 11.1. The molecule has 182 valence electrons. The number of rotatable bonds is 12. The second-order valence-electron chi connectivity index (χ2n) is 8.73. The van der Waals surface area contributed by atoms with Gasteiger partial charge in [0.25, 0.3) is 0 Å². The van der Waals surface area contributed by atoms with Gasteiger partial charge < -0.3 is 0 Å². The highest BCUT2D eigenvalue weighted by atomic mass is 16.1. The molecule has 0 spiro atoms. The van der Waals surface area contributed by atoms with Crippen molar-refractivity contribution >= 4 is 68.7 Å². The van der Waals surface area contributed by atoms with E-state index in [1.807, 2.05) is 0 Å². The van der Waals surface area contributed by atoms with E-state index in [0.717, 1.165) is 0 Å². The number of benzene rings is 1. The molecule has 0 atom stereocenters. The maximum absolute atomic E-state index is 11.6. The molecule has 0 aliphatic rings. The third-order valence-corrected chi connectivity index (χ3v) is 4.34. The molecule has 0 unspecified atom stereocenters. The van der Waals surface area contributed by atoms with E-state index in [9.17, 15) is 19.2 Å². The molecule has 34 heavy (non-hydrogen) atoms. The van der Waals surface area contributed by atoms with Gasteiger partial charge in [-0.2, -0.15) is 0 Å². The Morgan fingerprint density at radius 1 is 0.441 bits per heavy atom. The van der Waals surface area contributed by atoms with Crippen LogP contribution in [0.5, 0.6) is 0 Å². The fourth-order valence-electron chi connectivity index (χ4n) is 3.33. The summed E-state index contributed by atoms with van der Waals surface area (Å²) in [5.41, 5.74) is 4.30. The molecule has 0 fully saturated rings. The monoisotopic (exact) mass is 466 g/mol. The molecule has 0 amide bonds. The van der Waals surface area contributed by atoms with Crippen molar-refractivity contribution in [3.63, 3.8) is 0 Å². The third kappa shape index (κ3) is 10.9. The summed E-state index contributed by atoms with van der Waals surface area (Å²) in [6.45, 7) is 13.0. The maximum atomic E-state index is 11.6. The minimum absolute atomic E-state index is 0.0179. The number of hydrogen-bond donors (Lipinski definition) is 0. The summed E-state index contributed by atoms with van der Waals surface area (Å²) < 4.78 is 0. The first kappa shape index (κ1) is 28.6. The molecule has 0 saturated heterocycles. The predicted octanol–water partition coefficient (Wildman–Crippen LogP) is 5.97. The lowest BCUT2D eigenvalue weighted by Gasteiger charge is -2.11. The molecule has 0 bridgehead atoms. The summed E-state index contributed by atoms with van der Waals surface area (Å²) in [5.74, 6) is -0.0715. The average Bonchev–Trinajstić information content (AvgIpc) is 2.62. The molecule has 0 saturated carbocycles. The Labute approximate surface area is 201 Å². The molecule has 8 heteroatoms. The second kappa shape index (κ2) is 13.3. The zero-order valence-corrected chi connectivity index (χ0v) is 21.4. The number of nitrogens with zero attached hydrogens (tertiary/aromatic N) is 4. The zero-order chi connectivity index (χ0) is 26.0. The van der Waals surface area contributed by atoms with E-state index in [2.05, 4.69) is 20.0 Å². The smallest absolute Gasteiger partial charge is 0.135 e. The van der Waals surface area contributed by atoms with Gasteiger partial charge in [-0.15, -0.1) is 0 Å². The van der Waals surface area contributed by atoms with Crippen LogP contribution < -0.4 is 0 Å². The van der Waals surface area contributed by atoms with Crippen molar-refractivity contribution in [2.75, 3.05) is 0 Å². The molecule has 0 aliphatic heterocycles. The van der Waals surface area contributed by atoms with Gasteiger partial charge in [0, 0.05) is 48.5 Å². The molecule has 0 heterocycles. The van der Waals surface area contributed by atoms with Gasteiger partial charge >= 0.3 is 0 Å². The van der Waals surface area contributed by atoms with Crippen LogP contribution in [-0.4, -0.2) is 46.0 Å². The predicted molar refractivity (Wildman–Crippen MR) is 139 cm³/mol. The largest absolute Gasteiger partial charge is 0.300 e. The summed E-state index contributed by atoms with van der Waals surface area (Å²) in [4.78, 5) is 64.6. The summed E-state index contributed by atoms with van der Waals surface area (Å²) in [6, 6.07) is 3.40. The molecular weight excluding hydrogens is 432 g/mol. The van der Waals surface area contributed by atoms with Crippen LogP contribution in [0, 0.1) is 0 Å². The molecule has 1 aromatic carbocycles. The van der Waals surface area contributed by atoms with Crippen molar-refractivity contribution in [3.05, 3.63) is 12.1 Å². The van der Waals surface area contributed by atoms with Gasteiger partial charge in [0.05, 0.1) is 22.7 Å². The van der Waals surface area contributed by atoms with Crippen molar-refractivity contribution < 1.29 is 19.2 Å². The van der Waals surface area contributed by atoms with Crippen LogP contribution in [0.25, 0.3) is 0 Å². The highest BCUT2D eigenvalue weighted by Crippen LogP contribution is 2.41. The summed E-state index contributed by atoms with van der Waals surface area (Å²) in [7, 11) is 0. The first-order chi connectivity index (χ1) is 15.8. The quantitative estimate of drug-likeness (QED) is 0.352. The van der Waals surface area contributed by atoms with E-state index in [1.165, 1.54) is 27.7 Å². The fourth-order valence-corrected chi connectivity index (χ4v) is 3.33. The topological polar surface area (TPSA) is 118 Å². The van der Waals surface area contributed by atoms with E-state index in [4.69, 9.17) is 0 Å². The molecule has 8 nitrogen and oxygen atoms in total. The van der Waals surface area contributed by atoms with E-state index in [0.29, 0.717) is 45.6 Å². The van der Waals surface area contributed by atoms with Gasteiger partial charge in [0.2, 0.25) is 0 Å².